The molecule has 0 bridgehead atoms. The topological polar surface area (TPSA) is 57.3 Å². The van der Waals surface area contributed by atoms with Crippen LogP contribution in [0.1, 0.15) is 0 Å². The van der Waals surface area contributed by atoms with E-state index in [9.17, 15) is 0 Å². The van der Waals surface area contributed by atoms with E-state index in [0.717, 1.165) is 21.8 Å². The van der Waals surface area contributed by atoms with Gasteiger partial charge in [0.1, 0.15) is 0 Å². The Morgan fingerprint density at radius 2 is 1.13 bits per heavy atom. The summed E-state index contributed by atoms with van der Waals surface area (Å²) in [5.41, 5.74) is 1.95. The molecular formula is C12H10N2O. The second kappa shape index (κ2) is 3.63. The molecule has 0 amide bonds. The zero-order valence-electron chi connectivity index (χ0n) is 8.01. The highest BCUT2D eigenvalue weighted by molar-refractivity contribution is 6.02. The van der Waals surface area contributed by atoms with E-state index in [1.54, 1.807) is 12.4 Å². The van der Waals surface area contributed by atoms with Crippen molar-refractivity contribution in [3.8, 4) is 0 Å². The molecule has 0 fully saturated rings. The van der Waals surface area contributed by atoms with Crippen molar-refractivity contribution in [3.05, 3.63) is 48.8 Å². The van der Waals surface area contributed by atoms with Crippen LogP contribution in [0.5, 0.6) is 0 Å². The number of benzene rings is 1. The smallest absolute Gasteiger partial charge is 0.0964 e. The van der Waals surface area contributed by atoms with E-state index in [4.69, 9.17) is 0 Å². The zero-order chi connectivity index (χ0) is 9.38. The Morgan fingerprint density at radius 1 is 0.667 bits per heavy atom. The summed E-state index contributed by atoms with van der Waals surface area (Å²) < 4.78 is 0. The van der Waals surface area contributed by atoms with Gasteiger partial charge in [-0.25, -0.2) is 0 Å². The fraction of sp³-hybridized carbons (Fsp3) is 0. The fourth-order valence-electron chi connectivity index (χ4n) is 1.68. The molecule has 0 radical (unpaired) electrons. The quantitative estimate of drug-likeness (QED) is 0.518. The van der Waals surface area contributed by atoms with Gasteiger partial charge in [-0.2, -0.15) is 0 Å². The molecule has 2 aromatic heterocycles. The van der Waals surface area contributed by atoms with E-state index in [2.05, 4.69) is 34.2 Å². The summed E-state index contributed by atoms with van der Waals surface area (Å²) in [5, 5.41) is 2.28. The maximum atomic E-state index is 4.35. The van der Waals surface area contributed by atoms with Gasteiger partial charge in [0.05, 0.1) is 11.0 Å². The fourth-order valence-corrected chi connectivity index (χ4v) is 1.68. The monoisotopic (exact) mass is 198 g/mol. The van der Waals surface area contributed by atoms with Gasteiger partial charge >= 0.3 is 0 Å². The van der Waals surface area contributed by atoms with E-state index < -0.39 is 0 Å². The van der Waals surface area contributed by atoms with E-state index in [-0.39, 0.29) is 5.48 Å². The van der Waals surface area contributed by atoms with Gasteiger partial charge in [0.2, 0.25) is 0 Å². The lowest BCUT2D eigenvalue weighted by Crippen LogP contribution is -1.83. The van der Waals surface area contributed by atoms with Gasteiger partial charge in [-0.05, 0) is 12.1 Å². The third kappa shape index (κ3) is 1.43. The number of rotatable bonds is 0. The number of pyridine rings is 2. The molecule has 3 heteroatoms. The van der Waals surface area contributed by atoms with E-state index in [1.807, 2.05) is 12.1 Å². The molecule has 74 valence electrons. The van der Waals surface area contributed by atoms with Crippen LogP contribution in [0, 0.1) is 0 Å². The van der Waals surface area contributed by atoms with Crippen molar-refractivity contribution in [2.75, 3.05) is 0 Å². The highest BCUT2D eigenvalue weighted by atomic mass is 16.0. The summed E-state index contributed by atoms with van der Waals surface area (Å²) >= 11 is 0. The second-order valence-corrected chi connectivity index (χ2v) is 3.22. The van der Waals surface area contributed by atoms with Gasteiger partial charge in [-0.3, -0.25) is 9.97 Å². The molecule has 2 N–H and O–H groups in total. The predicted molar refractivity (Wildman–Crippen MR) is 60.7 cm³/mol. The van der Waals surface area contributed by atoms with Crippen molar-refractivity contribution in [2.45, 2.75) is 0 Å². The summed E-state index contributed by atoms with van der Waals surface area (Å²) in [6, 6.07) is 12.1. The Labute approximate surface area is 86.7 Å². The first kappa shape index (κ1) is 9.55. The van der Waals surface area contributed by atoms with Crippen LogP contribution in [0.15, 0.2) is 48.8 Å². The highest BCUT2D eigenvalue weighted by Gasteiger charge is 2.00. The molecule has 15 heavy (non-hydrogen) atoms. The van der Waals surface area contributed by atoms with Crippen LogP contribution in [-0.4, -0.2) is 15.4 Å². The van der Waals surface area contributed by atoms with Crippen LogP contribution in [0.3, 0.4) is 0 Å². The molecule has 0 unspecified atom stereocenters. The van der Waals surface area contributed by atoms with E-state index in [0.29, 0.717) is 0 Å². The summed E-state index contributed by atoms with van der Waals surface area (Å²) in [7, 11) is 0. The Bertz CT molecular complexity index is 553. The number of aromatic nitrogens is 2. The van der Waals surface area contributed by atoms with Crippen LogP contribution < -0.4 is 0 Å². The van der Waals surface area contributed by atoms with Gasteiger partial charge in [-0.1, -0.05) is 24.3 Å². The Kier molecular flexibility index (Phi) is 2.31. The number of hydrogen-bond donors (Lipinski definition) is 0. The molecule has 0 aliphatic heterocycles. The number of hydrogen-bond acceptors (Lipinski definition) is 2. The average molecular weight is 198 g/mol. The Hall–Kier alpha value is -2.00. The molecular weight excluding hydrogens is 188 g/mol. The average Bonchev–Trinajstić information content (AvgIpc) is 2.29. The van der Waals surface area contributed by atoms with E-state index >= 15 is 0 Å². The Balaban J connectivity index is 0.000000853. The molecule has 1 aromatic carbocycles. The normalized spacial score (nSPS) is 10.1. The zero-order valence-corrected chi connectivity index (χ0v) is 8.01. The van der Waals surface area contributed by atoms with Crippen LogP contribution in [0.2, 0.25) is 0 Å². The molecule has 0 atom stereocenters. The first-order chi connectivity index (χ1) is 6.95. The first-order valence-corrected chi connectivity index (χ1v) is 4.53. The van der Waals surface area contributed by atoms with Gasteiger partial charge in [0, 0.05) is 23.2 Å². The molecule has 3 aromatic rings. The summed E-state index contributed by atoms with van der Waals surface area (Å²) in [4.78, 5) is 8.69. The minimum atomic E-state index is 0. The Morgan fingerprint density at radius 3 is 1.60 bits per heavy atom. The first-order valence-electron chi connectivity index (χ1n) is 4.53. The number of nitrogens with zero attached hydrogens (tertiary/aromatic N) is 2. The maximum Gasteiger partial charge on any atom is 0.0964 e. The highest BCUT2D eigenvalue weighted by Crippen LogP contribution is 2.20. The molecule has 0 saturated heterocycles. The van der Waals surface area contributed by atoms with Crippen molar-refractivity contribution >= 4 is 21.8 Å². The lowest BCUT2D eigenvalue weighted by atomic mass is 10.1. The molecule has 0 saturated carbocycles. The lowest BCUT2D eigenvalue weighted by molar-refractivity contribution is 0.824. The van der Waals surface area contributed by atoms with Gasteiger partial charge in [0.25, 0.3) is 0 Å². The van der Waals surface area contributed by atoms with Crippen molar-refractivity contribution in [1.82, 2.24) is 9.97 Å². The third-order valence-corrected chi connectivity index (χ3v) is 2.34. The molecule has 0 aliphatic rings. The van der Waals surface area contributed by atoms with Crippen molar-refractivity contribution < 1.29 is 5.48 Å². The van der Waals surface area contributed by atoms with Crippen LogP contribution >= 0.6 is 0 Å². The van der Waals surface area contributed by atoms with Crippen LogP contribution in [-0.2, 0) is 0 Å². The van der Waals surface area contributed by atoms with Crippen LogP contribution in [0.4, 0.5) is 0 Å². The van der Waals surface area contributed by atoms with Gasteiger partial charge < -0.3 is 5.48 Å². The molecule has 0 spiro atoms. The minimum absolute atomic E-state index is 0. The summed E-state index contributed by atoms with van der Waals surface area (Å²) in [6.07, 6.45) is 3.60. The summed E-state index contributed by atoms with van der Waals surface area (Å²) in [6.45, 7) is 0. The largest absolute Gasteiger partial charge is 0.412 e. The van der Waals surface area contributed by atoms with Gasteiger partial charge in [0.15, 0.2) is 0 Å². The summed E-state index contributed by atoms with van der Waals surface area (Å²) in [5.74, 6) is 0. The van der Waals surface area contributed by atoms with Crippen molar-refractivity contribution in [3.63, 3.8) is 0 Å². The molecule has 2 heterocycles. The van der Waals surface area contributed by atoms with Gasteiger partial charge in [-0.15, -0.1) is 0 Å². The van der Waals surface area contributed by atoms with Crippen molar-refractivity contribution in [1.29, 1.82) is 0 Å². The SMILES string of the molecule is O.c1cnc2c(c1)ccc1cccnc12. The third-order valence-electron chi connectivity index (χ3n) is 2.34. The lowest BCUT2D eigenvalue weighted by Gasteiger charge is -2.00. The predicted octanol–water partition coefficient (Wildman–Crippen LogP) is 1.96. The standard InChI is InChI=1S/C12H8N2.H2O/c1-3-9-5-6-10-4-2-8-14-12(10)11(9)13-7-1;/h1-8H;1H2. The van der Waals surface area contributed by atoms with E-state index in [1.165, 1.54) is 0 Å². The van der Waals surface area contributed by atoms with Crippen molar-refractivity contribution in [2.24, 2.45) is 0 Å². The molecule has 3 rings (SSSR count). The van der Waals surface area contributed by atoms with Crippen LogP contribution in [0.25, 0.3) is 21.8 Å². The molecule has 3 nitrogen and oxygen atoms in total. The molecule has 0 aliphatic carbocycles. The number of fused-ring (bicyclic) bond motifs is 3. The minimum Gasteiger partial charge on any atom is -0.412 e. The second-order valence-electron chi connectivity index (χ2n) is 3.22. The maximum absolute atomic E-state index is 4.35.